The Morgan fingerprint density at radius 1 is 0.444 bits per heavy atom. The van der Waals surface area contributed by atoms with Gasteiger partial charge in [-0.3, -0.25) is 0 Å². The first-order chi connectivity index (χ1) is 26.5. The molecule has 11 rings (SSSR count). The van der Waals surface area contributed by atoms with Gasteiger partial charge in [0.1, 0.15) is 11.2 Å². The van der Waals surface area contributed by atoms with Gasteiger partial charge in [0, 0.05) is 59.0 Å². The molecule has 10 aromatic rings. The maximum atomic E-state index is 6.89. The third-order valence-electron chi connectivity index (χ3n) is 11.5. The van der Waals surface area contributed by atoms with E-state index in [1.165, 1.54) is 58.9 Å². The van der Waals surface area contributed by atoms with Crippen molar-refractivity contribution in [3.63, 3.8) is 0 Å². The van der Waals surface area contributed by atoms with E-state index in [4.69, 9.17) is 4.42 Å². The molecule has 0 atom stereocenters. The molecule has 0 N–H and O–H groups in total. The lowest BCUT2D eigenvalue weighted by Crippen LogP contribution is -2.16. The zero-order valence-corrected chi connectivity index (χ0v) is 30.8. The van der Waals surface area contributed by atoms with Gasteiger partial charge < -0.3 is 9.32 Å². The summed E-state index contributed by atoms with van der Waals surface area (Å²) in [5.41, 5.74) is 15.0. The van der Waals surface area contributed by atoms with Crippen LogP contribution in [0.3, 0.4) is 0 Å². The highest BCUT2D eigenvalue weighted by Gasteiger charge is 2.36. The molecule has 1 aliphatic carbocycles. The van der Waals surface area contributed by atoms with Gasteiger partial charge in [-0.1, -0.05) is 135 Å². The van der Waals surface area contributed by atoms with Crippen LogP contribution in [0.2, 0.25) is 0 Å². The third-order valence-corrected chi connectivity index (χ3v) is 12.6. The van der Waals surface area contributed by atoms with E-state index in [1.54, 1.807) is 0 Å². The Balaban J connectivity index is 1.20. The van der Waals surface area contributed by atoms with Crippen molar-refractivity contribution in [1.82, 2.24) is 0 Å². The zero-order chi connectivity index (χ0) is 36.0. The topological polar surface area (TPSA) is 16.4 Å². The zero-order valence-electron chi connectivity index (χ0n) is 30.0. The standard InChI is InChI=1S/C51H35NOS/c1-51(2)43-19-11-9-17-38(43)39-26-25-36(31-44(39)51)52(35-23-21-33(22-24-35)32-13-5-3-6-14-32)37-29-41(34-15-7-4-8-16-34)50-42(30-37)48-45(53-50)27-28-47-49(48)40-18-10-12-20-46(40)54-47/h3-31H,1-2H3. The van der Waals surface area contributed by atoms with Crippen molar-refractivity contribution in [3.8, 4) is 33.4 Å². The molecule has 1 aliphatic rings. The van der Waals surface area contributed by atoms with Crippen molar-refractivity contribution in [2.75, 3.05) is 4.90 Å². The SMILES string of the molecule is CC1(C)c2ccccc2-c2ccc(N(c3ccc(-c4ccccc4)cc3)c3cc(-c4ccccc4)c4oc5ccc6sc7ccccc7c6c5c4c3)cc21. The maximum Gasteiger partial charge on any atom is 0.143 e. The number of fused-ring (bicyclic) bond motifs is 10. The van der Waals surface area contributed by atoms with E-state index in [9.17, 15) is 0 Å². The predicted molar refractivity (Wildman–Crippen MR) is 230 cm³/mol. The van der Waals surface area contributed by atoms with Crippen LogP contribution in [-0.4, -0.2) is 0 Å². The highest BCUT2D eigenvalue weighted by molar-refractivity contribution is 7.26. The fourth-order valence-corrected chi connectivity index (χ4v) is 9.96. The Hall–Kier alpha value is -6.42. The molecule has 0 saturated carbocycles. The lowest BCUT2D eigenvalue weighted by Gasteiger charge is -2.29. The van der Waals surface area contributed by atoms with Crippen molar-refractivity contribution in [2.45, 2.75) is 19.3 Å². The molecule has 0 spiro atoms. The monoisotopic (exact) mass is 709 g/mol. The molecule has 0 amide bonds. The van der Waals surface area contributed by atoms with Crippen LogP contribution in [-0.2, 0) is 5.41 Å². The molecule has 3 heteroatoms. The minimum absolute atomic E-state index is 0.129. The Bertz CT molecular complexity index is 3060. The van der Waals surface area contributed by atoms with Crippen LogP contribution in [0.15, 0.2) is 180 Å². The average molecular weight is 710 g/mol. The highest BCUT2D eigenvalue weighted by Crippen LogP contribution is 2.52. The third kappa shape index (κ3) is 4.65. The van der Waals surface area contributed by atoms with Crippen molar-refractivity contribution in [1.29, 1.82) is 0 Å². The number of anilines is 3. The van der Waals surface area contributed by atoms with Gasteiger partial charge in [-0.15, -0.1) is 11.3 Å². The van der Waals surface area contributed by atoms with Crippen LogP contribution >= 0.6 is 11.3 Å². The minimum Gasteiger partial charge on any atom is -0.455 e. The minimum atomic E-state index is -0.129. The largest absolute Gasteiger partial charge is 0.455 e. The van der Waals surface area contributed by atoms with Crippen LogP contribution in [0.4, 0.5) is 17.1 Å². The Morgan fingerprint density at radius 2 is 1.11 bits per heavy atom. The van der Waals surface area contributed by atoms with Gasteiger partial charge in [0.25, 0.3) is 0 Å². The summed E-state index contributed by atoms with van der Waals surface area (Å²) in [5.74, 6) is 0. The van der Waals surface area contributed by atoms with Crippen LogP contribution in [0.5, 0.6) is 0 Å². The molecule has 0 unspecified atom stereocenters. The molecule has 0 fully saturated rings. The van der Waals surface area contributed by atoms with Gasteiger partial charge in [-0.25, -0.2) is 0 Å². The number of hydrogen-bond acceptors (Lipinski definition) is 3. The van der Waals surface area contributed by atoms with E-state index >= 15 is 0 Å². The lowest BCUT2D eigenvalue weighted by molar-refractivity contribution is 0.660. The smallest absolute Gasteiger partial charge is 0.143 e. The van der Waals surface area contributed by atoms with Crippen molar-refractivity contribution in [3.05, 3.63) is 187 Å². The second kappa shape index (κ2) is 11.8. The summed E-state index contributed by atoms with van der Waals surface area (Å²) < 4.78 is 9.44. The first-order valence-corrected chi connectivity index (χ1v) is 19.4. The second-order valence-corrected chi connectivity index (χ2v) is 16.0. The predicted octanol–water partition coefficient (Wildman–Crippen LogP) is 15.1. The summed E-state index contributed by atoms with van der Waals surface area (Å²) in [7, 11) is 0. The summed E-state index contributed by atoms with van der Waals surface area (Å²) in [6, 6.07) is 64.0. The molecule has 0 radical (unpaired) electrons. The summed E-state index contributed by atoms with van der Waals surface area (Å²) in [5, 5.41) is 4.82. The number of thiophene rings is 1. The number of nitrogens with zero attached hydrogens (tertiary/aromatic N) is 1. The van der Waals surface area contributed by atoms with E-state index in [1.807, 2.05) is 11.3 Å². The summed E-state index contributed by atoms with van der Waals surface area (Å²) >= 11 is 1.85. The number of benzene rings is 8. The van der Waals surface area contributed by atoms with Gasteiger partial charge in [0.2, 0.25) is 0 Å². The molecular formula is C51H35NOS. The Labute approximate surface area is 318 Å². The van der Waals surface area contributed by atoms with E-state index in [0.717, 1.165) is 44.7 Å². The summed E-state index contributed by atoms with van der Waals surface area (Å²) in [6.45, 7) is 4.71. The first kappa shape index (κ1) is 31.1. The highest BCUT2D eigenvalue weighted by atomic mass is 32.1. The molecule has 256 valence electrons. The fourth-order valence-electron chi connectivity index (χ4n) is 8.84. The van der Waals surface area contributed by atoms with Crippen molar-refractivity contribution < 1.29 is 4.42 Å². The molecule has 54 heavy (non-hydrogen) atoms. The van der Waals surface area contributed by atoms with Gasteiger partial charge in [-0.2, -0.15) is 0 Å². The van der Waals surface area contributed by atoms with Crippen LogP contribution in [0, 0.1) is 0 Å². The molecule has 8 aromatic carbocycles. The van der Waals surface area contributed by atoms with Crippen molar-refractivity contribution in [2.24, 2.45) is 0 Å². The van der Waals surface area contributed by atoms with E-state index in [-0.39, 0.29) is 5.41 Å². The lowest BCUT2D eigenvalue weighted by atomic mass is 9.82. The first-order valence-electron chi connectivity index (χ1n) is 18.6. The normalized spacial score (nSPS) is 13.1. The summed E-state index contributed by atoms with van der Waals surface area (Å²) in [6.07, 6.45) is 0. The molecule has 0 aliphatic heterocycles. The number of rotatable bonds is 5. The summed E-state index contributed by atoms with van der Waals surface area (Å²) in [4.78, 5) is 2.44. The molecule has 2 nitrogen and oxygen atoms in total. The van der Waals surface area contributed by atoms with Crippen LogP contribution in [0.25, 0.3) is 75.5 Å². The second-order valence-electron chi connectivity index (χ2n) is 14.9. The molecule has 2 heterocycles. The van der Waals surface area contributed by atoms with Crippen molar-refractivity contribution >= 4 is 70.5 Å². The average Bonchev–Trinajstić information content (AvgIpc) is 3.86. The fraction of sp³-hybridized carbons (Fsp3) is 0.0588. The molecule has 0 bridgehead atoms. The van der Waals surface area contributed by atoms with Gasteiger partial charge >= 0.3 is 0 Å². The Morgan fingerprint density at radius 3 is 1.93 bits per heavy atom. The van der Waals surface area contributed by atoms with Gasteiger partial charge in [-0.05, 0) is 93.5 Å². The van der Waals surface area contributed by atoms with Gasteiger partial charge in [0.15, 0.2) is 0 Å². The number of hydrogen-bond donors (Lipinski definition) is 0. The van der Waals surface area contributed by atoms with E-state index < -0.39 is 0 Å². The van der Waals surface area contributed by atoms with E-state index in [2.05, 4.69) is 195 Å². The van der Waals surface area contributed by atoms with E-state index in [0.29, 0.717) is 0 Å². The molecule has 2 aromatic heterocycles. The van der Waals surface area contributed by atoms with Crippen LogP contribution in [0.1, 0.15) is 25.0 Å². The van der Waals surface area contributed by atoms with Gasteiger partial charge in [0.05, 0.1) is 0 Å². The Kier molecular flexibility index (Phi) is 6.80. The molecule has 0 saturated heterocycles. The van der Waals surface area contributed by atoms with Crippen LogP contribution < -0.4 is 4.90 Å². The number of furan rings is 1. The quantitative estimate of drug-likeness (QED) is 0.177. The molecular weight excluding hydrogens is 675 g/mol. The maximum absolute atomic E-state index is 6.89.